The average Bonchev–Trinajstić information content (AvgIpc) is 3.47. The molecule has 0 unspecified atom stereocenters. The van der Waals surface area contributed by atoms with Crippen molar-refractivity contribution in [3.05, 3.63) is 69.8 Å². The smallest absolute Gasteiger partial charge is 0.129 e. The number of halogens is 2. The molecule has 7 heteroatoms. The second-order valence-corrected chi connectivity index (χ2v) is 8.61. The van der Waals surface area contributed by atoms with Crippen LogP contribution in [0.5, 0.6) is 0 Å². The highest BCUT2D eigenvalue weighted by Crippen LogP contribution is 2.34. The maximum Gasteiger partial charge on any atom is 0.129 e. The highest BCUT2D eigenvalue weighted by molar-refractivity contribution is 9.10. The molecule has 0 aliphatic heterocycles. The first-order chi connectivity index (χ1) is 14.2. The van der Waals surface area contributed by atoms with Gasteiger partial charge in [0.05, 0.1) is 21.4 Å². The molecule has 4 aromatic rings. The number of rotatable bonds is 6. The summed E-state index contributed by atoms with van der Waals surface area (Å²) in [5.74, 6) is 0.758. The van der Waals surface area contributed by atoms with Crippen LogP contribution in [-0.2, 0) is 13.1 Å². The molecule has 0 bridgehead atoms. The minimum Gasteiger partial charge on any atom is -0.380 e. The summed E-state index contributed by atoms with van der Waals surface area (Å²) in [6.45, 7) is 1.60. The van der Waals surface area contributed by atoms with E-state index < -0.39 is 0 Å². The van der Waals surface area contributed by atoms with E-state index in [1.807, 2.05) is 41.2 Å². The van der Waals surface area contributed by atoms with Crippen LogP contribution in [0.3, 0.4) is 0 Å². The summed E-state index contributed by atoms with van der Waals surface area (Å²) in [5, 5.41) is 13.0. The van der Waals surface area contributed by atoms with Gasteiger partial charge in [0.25, 0.3) is 0 Å². The maximum absolute atomic E-state index is 6.03. The van der Waals surface area contributed by atoms with Crippen molar-refractivity contribution < 1.29 is 0 Å². The summed E-state index contributed by atoms with van der Waals surface area (Å²) in [7, 11) is 0. The van der Waals surface area contributed by atoms with Gasteiger partial charge in [-0.1, -0.05) is 35.0 Å². The predicted molar refractivity (Wildman–Crippen MR) is 120 cm³/mol. The van der Waals surface area contributed by atoms with Crippen molar-refractivity contribution in [2.75, 3.05) is 5.32 Å². The molecule has 1 aliphatic carbocycles. The van der Waals surface area contributed by atoms with Crippen molar-refractivity contribution in [2.24, 2.45) is 5.92 Å². The topological polar surface area (TPSA) is 55.6 Å². The Kier molecular flexibility index (Phi) is 4.97. The number of hydrogen-bond acceptors (Lipinski definition) is 4. The molecule has 1 fully saturated rings. The van der Waals surface area contributed by atoms with Gasteiger partial charge in [-0.2, -0.15) is 0 Å². The molecule has 5 rings (SSSR count). The molecule has 0 spiro atoms. The van der Waals surface area contributed by atoms with E-state index in [2.05, 4.69) is 54.7 Å². The molecule has 5 nitrogen and oxygen atoms in total. The quantitative estimate of drug-likeness (QED) is 0.381. The Labute approximate surface area is 182 Å². The van der Waals surface area contributed by atoms with Gasteiger partial charge < -0.3 is 5.32 Å². The Balaban J connectivity index is 1.39. The van der Waals surface area contributed by atoms with Gasteiger partial charge in [0.1, 0.15) is 5.52 Å². The van der Waals surface area contributed by atoms with Crippen LogP contribution in [0.4, 0.5) is 5.69 Å². The first-order valence-electron chi connectivity index (χ1n) is 9.64. The highest BCUT2D eigenvalue weighted by atomic mass is 79.9. The standard InChI is InChI=1S/C22H19BrClN5/c23-20-18(9-10-19-22(20)27-28-29(19)13-14-3-4-14)26-12-16-2-1-11-25-21(16)15-5-7-17(24)8-6-15/h1-2,5-11,14,26H,3-4,12-13H2. The van der Waals surface area contributed by atoms with Gasteiger partial charge in [0.15, 0.2) is 0 Å². The maximum atomic E-state index is 6.03. The van der Waals surface area contributed by atoms with Crippen molar-refractivity contribution >= 4 is 44.3 Å². The second-order valence-electron chi connectivity index (χ2n) is 7.38. The first-order valence-corrected chi connectivity index (χ1v) is 10.8. The lowest BCUT2D eigenvalue weighted by atomic mass is 10.1. The molecule has 2 aromatic carbocycles. The summed E-state index contributed by atoms with van der Waals surface area (Å²) in [6, 6.07) is 16.0. The molecule has 2 aromatic heterocycles. The zero-order valence-electron chi connectivity index (χ0n) is 15.6. The lowest BCUT2D eigenvalue weighted by Gasteiger charge is -2.12. The highest BCUT2D eigenvalue weighted by Gasteiger charge is 2.23. The monoisotopic (exact) mass is 467 g/mol. The number of fused-ring (bicyclic) bond motifs is 1. The summed E-state index contributed by atoms with van der Waals surface area (Å²) >= 11 is 9.74. The van der Waals surface area contributed by atoms with Crippen LogP contribution >= 0.6 is 27.5 Å². The van der Waals surface area contributed by atoms with Crippen molar-refractivity contribution in [3.8, 4) is 11.3 Å². The largest absolute Gasteiger partial charge is 0.380 e. The minimum absolute atomic E-state index is 0.645. The van der Waals surface area contributed by atoms with E-state index in [1.165, 1.54) is 12.8 Å². The van der Waals surface area contributed by atoms with E-state index in [0.717, 1.165) is 55.5 Å². The van der Waals surface area contributed by atoms with Crippen LogP contribution in [0.15, 0.2) is 59.2 Å². The molecule has 1 N–H and O–H groups in total. The second kappa shape index (κ2) is 7.76. The minimum atomic E-state index is 0.645. The van der Waals surface area contributed by atoms with Gasteiger partial charge in [0, 0.05) is 29.9 Å². The number of benzene rings is 2. The molecule has 146 valence electrons. The molecule has 0 saturated heterocycles. The summed E-state index contributed by atoms with van der Waals surface area (Å²) in [6.07, 6.45) is 4.40. The van der Waals surface area contributed by atoms with E-state index in [9.17, 15) is 0 Å². The number of pyridine rings is 1. The molecule has 0 amide bonds. The normalized spacial score (nSPS) is 13.7. The van der Waals surface area contributed by atoms with E-state index >= 15 is 0 Å². The van der Waals surface area contributed by atoms with E-state index in [4.69, 9.17) is 11.6 Å². The van der Waals surface area contributed by atoms with Crippen molar-refractivity contribution in [1.82, 2.24) is 20.0 Å². The fourth-order valence-corrected chi connectivity index (χ4v) is 4.14. The van der Waals surface area contributed by atoms with Crippen molar-refractivity contribution in [3.63, 3.8) is 0 Å². The number of anilines is 1. The molecule has 2 heterocycles. The van der Waals surface area contributed by atoms with Crippen LogP contribution in [0.2, 0.25) is 5.02 Å². The van der Waals surface area contributed by atoms with Gasteiger partial charge in [-0.05, 0) is 70.6 Å². The van der Waals surface area contributed by atoms with Crippen LogP contribution in [0.25, 0.3) is 22.3 Å². The van der Waals surface area contributed by atoms with Gasteiger partial charge in [-0.15, -0.1) is 5.10 Å². The number of aromatic nitrogens is 4. The molecular formula is C22H19BrClN5. The molecular weight excluding hydrogens is 450 g/mol. The third-order valence-electron chi connectivity index (χ3n) is 5.23. The molecule has 1 saturated carbocycles. The van der Waals surface area contributed by atoms with Gasteiger partial charge >= 0.3 is 0 Å². The van der Waals surface area contributed by atoms with Gasteiger partial charge in [-0.25, -0.2) is 4.68 Å². The number of nitrogens with one attached hydrogen (secondary N) is 1. The van der Waals surface area contributed by atoms with Gasteiger partial charge in [0.2, 0.25) is 0 Å². The molecule has 1 aliphatic rings. The zero-order chi connectivity index (χ0) is 19.8. The lowest BCUT2D eigenvalue weighted by Crippen LogP contribution is -2.04. The van der Waals surface area contributed by atoms with Gasteiger partial charge in [-0.3, -0.25) is 4.98 Å². The number of hydrogen-bond donors (Lipinski definition) is 1. The molecule has 29 heavy (non-hydrogen) atoms. The third-order valence-corrected chi connectivity index (χ3v) is 6.29. The van der Waals surface area contributed by atoms with E-state index in [1.54, 1.807) is 0 Å². The van der Waals surface area contributed by atoms with Crippen LogP contribution in [0.1, 0.15) is 18.4 Å². The fourth-order valence-electron chi connectivity index (χ4n) is 3.46. The Morgan fingerprint density at radius 2 is 1.93 bits per heavy atom. The van der Waals surface area contributed by atoms with E-state index in [-0.39, 0.29) is 0 Å². The molecule has 0 atom stereocenters. The third kappa shape index (κ3) is 3.87. The Morgan fingerprint density at radius 1 is 1.10 bits per heavy atom. The fraction of sp³-hybridized carbons (Fsp3) is 0.227. The van der Waals surface area contributed by atoms with Crippen LogP contribution in [-0.4, -0.2) is 20.0 Å². The first kappa shape index (κ1) is 18.6. The number of nitrogens with zero attached hydrogens (tertiary/aromatic N) is 4. The summed E-state index contributed by atoms with van der Waals surface area (Å²) in [5.41, 5.74) is 6.05. The SMILES string of the molecule is Clc1ccc(-c2ncccc2CNc2ccc3c(nnn3CC3CC3)c2Br)cc1. The zero-order valence-corrected chi connectivity index (χ0v) is 18.0. The summed E-state index contributed by atoms with van der Waals surface area (Å²) < 4.78 is 2.95. The van der Waals surface area contributed by atoms with Crippen LogP contribution < -0.4 is 5.32 Å². The van der Waals surface area contributed by atoms with Crippen LogP contribution in [0, 0.1) is 5.92 Å². The van der Waals surface area contributed by atoms with Crippen molar-refractivity contribution in [2.45, 2.75) is 25.9 Å². The van der Waals surface area contributed by atoms with E-state index in [0.29, 0.717) is 6.54 Å². The predicted octanol–water partition coefficient (Wildman–Crippen LogP) is 5.93. The lowest BCUT2D eigenvalue weighted by molar-refractivity contribution is 0.559. The summed E-state index contributed by atoms with van der Waals surface area (Å²) in [4.78, 5) is 4.58. The average molecular weight is 469 g/mol. The van der Waals surface area contributed by atoms with Crippen molar-refractivity contribution in [1.29, 1.82) is 0 Å². The Bertz CT molecular complexity index is 1170. The Morgan fingerprint density at radius 3 is 2.72 bits per heavy atom. The molecule has 0 radical (unpaired) electrons. The Hall–Kier alpha value is -2.44.